The molecule has 13 heteroatoms. The van der Waals surface area contributed by atoms with Crippen LogP contribution in [0.15, 0.2) is 76.7 Å². The van der Waals surface area contributed by atoms with Crippen LogP contribution in [0, 0.1) is 5.82 Å². The maximum atomic E-state index is 13.5. The fourth-order valence-corrected chi connectivity index (χ4v) is 4.66. The Balaban J connectivity index is 1.76. The van der Waals surface area contributed by atoms with Gasteiger partial charge in [0.05, 0.1) is 38.1 Å². The lowest BCUT2D eigenvalue weighted by atomic mass is 10.2. The summed E-state index contributed by atoms with van der Waals surface area (Å²) in [5, 5.41) is 3.87. The van der Waals surface area contributed by atoms with Crippen LogP contribution in [-0.4, -0.2) is 61.0 Å². The second-order valence-electron chi connectivity index (χ2n) is 7.73. The average Bonchev–Trinajstić information content (AvgIpc) is 2.95. The molecule has 0 atom stereocenters. The second-order valence-corrected chi connectivity index (χ2v) is 9.59. The van der Waals surface area contributed by atoms with E-state index in [2.05, 4.69) is 15.3 Å². The van der Waals surface area contributed by atoms with E-state index in [-0.39, 0.29) is 22.9 Å². The number of halogens is 1. The Morgan fingerprint density at radius 2 is 1.62 bits per heavy atom. The number of amides is 1. The molecule has 0 aliphatic heterocycles. The first-order valence-electron chi connectivity index (χ1n) is 11.3. The number of anilines is 1. The molecule has 11 nitrogen and oxygen atoms in total. The van der Waals surface area contributed by atoms with E-state index in [0.717, 1.165) is 16.4 Å². The highest BCUT2D eigenvalue weighted by Gasteiger charge is 2.28. The van der Waals surface area contributed by atoms with Crippen LogP contribution in [-0.2, 0) is 24.3 Å². The van der Waals surface area contributed by atoms with Gasteiger partial charge in [0.25, 0.3) is 15.9 Å². The predicted molar refractivity (Wildman–Crippen MR) is 140 cm³/mol. The van der Waals surface area contributed by atoms with Crippen LogP contribution in [0.25, 0.3) is 0 Å². The molecular formula is C26H26FN3O8S. The molecule has 3 aromatic rings. The predicted octanol–water partition coefficient (Wildman–Crippen LogP) is 2.74. The first-order chi connectivity index (χ1) is 18.7. The highest BCUT2D eigenvalue weighted by atomic mass is 32.2. The molecule has 0 spiro atoms. The molecule has 0 bridgehead atoms. The lowest BCUT2D eigenvalue weighted by Gasteiger charge is -2.24. The first-order valence-corrected chi connectivity index (χ1v) is 12.7. The zero-order valence-corrected chi connectivity index (χ0v) is 22.1. The zero-order valence-electron chi connectivity index (χ0n) is 21.3. The van der Waals surface area contributed by atoms with Gasteiger partial charge in [0.1, 0.15) is 18.1 Å². The monoisotopic (exact) mass is 559 g/mol. The van der Waals surface area contributed by atoms with Gasteiger partial charge in [-0.25, -0.2) is 23.0 Å². The van der Waals surface area contributed by atoms with Crippen molar-refractivity contribution < 1.29 is 41.3 Å². The highest BCUT2D eigenvalue weighted by Crippen LogP contribution is 2.32. The number of sulfonamides is 1. The molecule has 1 N–H and O–H groups in total. The summed E-state index contributed by atoms with van der Waals surface area (Å²) >= 11 is 0. The van der Waals surface area contributed by atoms with Gasteiger partial charge in [-0.15, -0.1) is 0 Å². The van der Waals surface area contributed by atoms with Gasteiger partial charge < -0.3 is 18.9 Å². The van der Waals surface area contributed by atoms with Crippen LogP contribution < -0.4 is 23.9 Å². The molecule has 0 aliphatic rings. The molecule has 0 saturated heterocycles. The van der Waals surface area contributed by atoms with Crippen LogP contribution in [0.2, 0.25) is 0 Å². The van der Waals surface area contributed by atoms with Crippen LogP contribution in [0.3, 0.4) is 0 Å². The van der Waals surface area contributed by atoms with E-state index in [0.29, 0.717) is 17.1 Å². The largest absolute Gasteiger partial charge is 0.493 e. The van der Waals surface area contributed by atoms with Crippen LogP contribution >= 0.6 is 0 Å². The van der Waals surface area contributed by atoms with E-state index in [4.69, 9.17) is 14.2 Å². The van der Waals surface area contributed by atoms with E-state index in [1.807, 2.05) is 0 Å². The zero-order chi connectivity index (χ0) is 28.4. The summed E-state index contributed by atoms with van der Waals surface area (Å²) in [6.07, 6.45) is 1.34. The Morgan fingerprint density at radius 1 is 0.949 bits per heavy atom. The molecule has 0 aliphatic carbocycles. The molecule has 206 valence electrons. The first kappa shape index (κ1) is 28.9. The Labute approximate surface area is 224 Å². The van der Waals surface area contributed by atoms with Crippen molar-refractivity contribution in [2.75, 3.05) is 38.8 Å². The number of methoxy groups -OCH3 is 3. The summed E-state index contributed by atoms with van der Waals surface area (Å²) in [4.78, 5) is 23.7. The van der Waals surface area contributed by atoms with Crippen molar-refractivity contribution in [3.8, 4) is 17.2 Å². The fourth-order valence-electron chi connectivity index (χ4n) is 3.22. The number of carbonyl (C=O) groups is 2. The minimum absolute atomic E-state index is 0.0628. The molecule has 0 unspecified atom stereocenters. The Morgan fingerprint density at radius 3 is 2.23 bits per heavy atom. The molecule has 0 radical (unpaired) electrons. The molecular weight excluding hydrogens is 533 g/mol. The number of hydrazone groups is 1. The van der Waals surface area contributed by atoms with Gasteiger partial charge in [0, 0.05) is 6.07 Å². The number of rotatable bonds is 12. The molecule has 0 heterocycles. The third-order valence-electron chi connectivity index (χ3n) is 5.21. The van der Waals surface area contributed by atoms with Crippen LogP contribution in [0.4, 0.5) is 10.1 Å². The topological polar surface area (TPSA) is 133 Å². The lowest BCUT2D eigenvalue weighted by molar-refractivity contribution is -0.142. The van der Waals surface area contributed by atoms with E-state index >= 15 is 0 Å². The summed E-state index contributed by atoms with van der Waals surface area (Å²) in [5.74, 6) is -0.924. The number of carbonyl (C=O) groups excluding carboxylic acids is 2. The second kappa shape index (κ2) is 13.2. The van der Waals surface area contributed by atoms with Crippen molar-refractivity contribution in [3.63, 3.8) is 0 Å². The number of nitrogens with one attached hydrogen (secondary N) is 1. The number of hydrogen-bond acceptors (Lipinski definition) is 9. The number of hydrogen-bond donors (Lipinski definition) is 1. The van der Waals surface area contributed by atoms with Crippen molar-refractivity contribution in [1.29, 1.82) is 0 Å². The molecule has 1 amide bonds. The summed E-state index contributed by atoms with van der Waals surface area (Å²) in [7, 11) is -0.272. The summed E-state index contributed by atoms with van der Waals surface area (Å²) < 4.78 is 61.6. The van der Waals surface area contributed by atoms with E-state index < -0.39 is 34.3 Å². The van der Waals surface area contributed by atoms with Gasteiger partial charge in [-0.05, 0) is 66.2 Å². The summed E-state index contributed by atoms with van der Waals surface area (Å²) in [6, 6.07) is 15.1. The molecule has 3 rings (SSSR count). The molecule has 0 saturated carbocycles. The van der Waals surface area contributed by atoms with Crippen molar-refractivity contribution >= 4 is 33.8 Å². The van der Waals surface area contributed by atoms with E-state index in [9.17, 15) is 22.4 Å². The van der Waals surface area contributed by atoms with Gasteiger partial charge in [-0.1, -0.05) is 0 Å². The molecule has 0 aromatic heterocycles. The van der Waals surface area contributed by atoms with Crippen LogP contribution in [0.1, 0.15) is 5.56 Å². The number of nitrogens with zero attached hydrogens (tertiary/aromatic N) is 2. The van der Waals surface area contributed by atoms with Crippen LogP contribution in [0.5, 0.6) is 17.2 Å². The Bertz CT molecular complexity index is 1430. The summed E-state index contributed by atoms with van der Waals surface area (Å²) in [6.45, 7) is -0.892. The Hall–Kier alpha value is -4.65. The average molecular weight is 560 g/mol. The van der Waals surface area contributed by atoms with Crippen molar-refractivity contribution in [2.45, 2.75) is 4.90 Å². The minimum atomic E-state index is -4.30. The van der Waals surface area contributed by atoms with Crippen molar-refractivity contribution in [1.82, 2.24) is 5.43 Å². The Kier molecular flexibility index (Phi) is 9.81. The van der Waals surface area contributed by atoms with E-state index in [1.54, 1.807) is 24.3 Å². The maximum Gasteiger partial charge on any atom is 0.343 e. The van der Waals surface area contributed by atoms with Gasteiger partial charge in [-0.2, -0.15) is 5.10 Å². The summed E-state index contributed by atoms with van der Waals surface area (Å²) in [5.41, 5.74) is 2.94. The smallest absolute Gasteiger partial charge is 0.343 e. The standard InChI is InChI=1S/C26H26FN3O8S/c1-35-23-13-12-22(14-24(23)36-2)39(33,34)30(20-8-6-19(27)7-9-20)16-25(31)29-28-15-18-4-10-21(11-5-18)38-17-26(32)37-3/h4-15H,16-17H2,1-3H3,(H,29,31)/b28-15-. The highest BCUT2D eigenvalue weighted by molar-refractivity contribution is 7.92. The quantitative estimate of drug-likeness (QED) is 0.204. The van der Waals surface area contributed by atoms with Gasteiger partial charge >= 0.3 is 5.97 Å². The SMILES string of the molecule is COC(=O)COc1ccc(/C=N\NC(=O)CN(c2ccc(F)cc2)S(=O)(=O)c2ccc(OC)c(OC)c2)cc1. The normalized spacial score (nSPS) is 11.1. The number of benzene rings is 3. The van der Waals surface area contributed by atoms with E-state index in [1.165, 1.54) is 57.9 Å². The third-order valence-corrected chi connectivity index (χ3v) is 6.98. The molecule has 3 aromatic carbocycles. The van der Waals surface area contributed by atoms with Crippen molar-refractivity contribution in [2.24, 2.45) is 5.10 Å². The van der Waals surface area contributed by atoms with Gasteiger partial charge in [0.2, 0.25) is 0 Å². The lowest BCUT2D eigenvalue weighted by Crippen LogP contribution is -2.39. The molecule has 0 fully saturated rings. The number of esters is 1. The third kappa shape index (κ3) is 7.68. The minimum Gasteiger partial charge on any atom is -0.493 e. The van der Waals surface area contributed by atoms with Gasteiger partial charge in [-0.3, -0.25) is 9.10 Å². The maximum absolute atomic E-state index is 13.5. The van der Waals surface area contributed by atoms with Crippen molar-refractivity contribution in [3.05, 3.63) is 78.1 Å². The number of ether oxygens (including phenoxy) is 4. The van der Waals surface area contributed by atoms with Gasteiger partial charge in [0.15, 0.2) is 18.1 Å². The molecule has 39 heavy (non-hydrogen) atoms. The fraction of sp³-hybridized carbons (Fsp3) is 0.192.